The Morgan fingerprint density at radius 2 is 1.06 bits per heavy atom. The molecular weight excluding hydrogens is 451 g/mol. The number of hydrogen-bond acceptors (Lipinski definition) is 4. The van der Waals surface area contributed by atoms with Crippen molar-refractivity contribution in [1.29, 1.82) is 0 Å². The zero-order valence-electron chi connectivity index (χ0n) is 23.4. The monoisotopic (exact) mass is 506 g/mol. The van der Waals surface area contributed by atoms with Crippen LogP contribution in [0.2, 0.25) is 0 Å². The molecule has 35 heavy (non-hydrogen) atoms. The Balaban J connectivity index is 0.00000274. The molecule has 0 aromatic heterocycles. The van der Waals surface area contributed by atoms with Gasteiger partial charge in [-0.3, -0.25) is 0 Å². The fraction of sp³-hybridized carbons (Fsp3) is 0.966. The molecule has 0 aromatic carbocycles. The minimum absolute atomic E-state index is 0. The Bertz CT molecular complexity index is 407. The molecule has 2 aliphatic heterocycles. The number of aliphatic hydroxyl groups excluding tert-OH is 1. The smallest absolute Gasteiger partial charge is 0.665 e. The van der Waals surface area contributed by atoms with E-state index in [0.29, 0.717) is 30.9 Å². The van der Waals surface area contributed by atoms with Crippen LogP contribution >= 0.6 is 0 Å². The largest absolute Gasteiger partial charge is 1.00 e. The minimum Gasteiger partial charge on any atom is -0.665 e. The van der Waals surface area contributed by atoms with Gasteiger partial charge in [-0.25, -0.2) is 0 Å². The molecule has 5 nitrogen and oxygen atoms in total. The van der Waals surface area contributed by atoms with Crippen molar-refractivity contribution in [3.8, 4) is 0 Å². The van der Waals surface area contributed by atoms with E-state index in [1.165, 1.54) is 128 Å². The van der Waals surface area contributed by atoms with Crippen LogP contribution in [0.25, 0.3) is 0 Å². The van der Waals surface area contributed by atoms with Gasteiger partial charge in [0.1, 0.15) is 0 Å². The fourth-order valence-electron chi connectivity index (χ4n) is 4.94. The van der Waals surface area contributed by atoms with Crippen molar-refractivity contribution in [2.24, 2.45) is 0 Å². The average molecular weight is 507 g/mol. The van der Waals surface area contributed by atoms with Crippen LogP contribution in [-0.2, 0) is 19.0 Å². The maximum absolute atomic E-state index is 8.24. The second-order valence-electron chi connectivity index (χ2n) is 10.3. The molecule has 1 N–H and O–H groups in total. The van der Waals surface area contributed by atoms with Crippen LogP contribution in [0.3, 0.4) is 0 Å². The number of unbranched alkanes of at least 4 members (excludes halogenated alkanes) is 8. The van der Waals surface area contributed by atoms with Crippen molar-refractivity contribution < 1.29 is 53.7 Å². The average Bonchev–Trinajstić information content (AvgIpc) is 2.76. The zero-order chi connectivity index (χ0) is 24.7. The van der Waals surface area contributed by atoms with Gasteiger partial charge in [0, 0.05) is 13.2 Å². The van der Waals surface area contributed by atoms with Crippen molar-refractivity contribution in [3.63, 3.8) is 0 Å². The van der Waals surface area contributed by atoms with Crippen LogP contribution in [0, 0.1) is 0 Å². The molecular formula is C29H55NaO5. The SMILES string of the molecule is CCCCCCC(CCCCC1CCO1)OC(CCCCCC)CCCCC1CCO1.O=[C-]O.[Na+]. The van der Waals surface area contributed by atoms with E-state index in [4.69, 9.17) is 24.1 Å². The van der Waals surface area contributed by atoms with Crippen molar-refractivity contribution in [1.82, 2.24) is 0 Å². The van der Waals surface area contributed by atoms with Gasteiger partial charge in [-0.15, -0.1) is 0 Å². The van der Waals surface area contributed by atoms with Crippen LogP contribution in [0.1, 0.15) is 142 Å². The molecule has 6 heteroatoms. The molecule has 4 unspecified atom stereocenters. The topological polar surface area (TPSA) is 65.0 Å². The molecule has 2 heterocycles. The van der Waals surface area contributed by atoms with Gasteiger partial charge < -0.3 is 24.1 Å². The zero-order valence-corrected chi connectivity index (χ0v) is 25.4. The second kappa shape index (κ2) is 26.0. The molecule has 4 atom stereocenters. The molecule has 2 rings (SSSR count). The minimum atomic E-state index is 0. The van der Waals surface area contributed by atoms with Crippen LogP contribution in [0.4, 0.5) is 0 Å². The Hall–Kier alpha value is 0.350. The fourth-order valence-corrected chi connectivity index (χ4v) is 4.94. The van der Waals surface area contributed by atoms with Gasteiger partial charge in [-0.1, -0.05) is 97.4 Å². The molecule has 0 bridgehead atoms. The molecule has 202 valence electrons. The number of hydrogen-bond donors (Lipinski definition) is 1. The van der Waals surface area contributed by atoms with Gasteiger partial charge in [-0.2, -0.15) is 0 Å². The third-order valence-corrected chi connectivity index (χ3v) is 7.34. The molecule has 0 radical (unpaired) electrons. The summed E-state index contributed by atoms with van der Waals surface area (Å²) in [5, 5.41) is 6.76. The van der Waals surface area contributed by atoms with E-state index >= 15 is 0 Å². The van der Waals surface area contributed by atoms with E-state index in [9.17, 15) is 0 Å². The first-order chi connectivity index (χ1) is 16.7. The Kier molecular flexibility index (Phi) is 26.2. The number of ether oxygens (including phenoxy) is 3. The third kappa shape index (κ3) is 20.0. The Morgan fingerprint density at radius 1 is 0.714 bits per heavy atom. The molecule has 0 aromatic rings. The predicted molar refractivity (Wildman–Crippen MR) is 140 cm³/mol. The van der Waals surface area contributed by atoms with Gasteiger partial charge in [-0.05, 0) is 51.4 Å². The van der Waals surface area contributed by atoms with E-state index in [0.717, 1.165) is 13.2 Å². The molecule has 0 amide bonds. The van der Waals surface area contributed by atoms with Crippen molar-refractivity contribution in [2.45, 2.75) is 167 Å². The van der Waals surface area contributed by atoms with Crippen LogP contribution in [0.5, 0.6) is 0 Å². The molecule has 2 saturated heterocycles. The van der Waals surface area contributed by atoms with E-state index in [-0.39, 0.29) is 29.6 Å². The predicted octanol–water partition coefficient (Wildman–Crippen LogP) is 5.00. The third-order valence-electron chi connectivity index (χ3n) is 7.34. The van der Waals surface area contributed by atoms with Gasteiger partial charge >= 0.3 is 29.6 Å². The van der Waals surface area contributed by atoms with Gasteiger partial charge in [0.05, 0.1) is 24.4 Å². The summed E-state index contributed by atoms with van der Waals surface area (Å²) in [5.41, 5.74) is 0. The summed E-state index contributed by atoms with van der Waals surface area (Å²) in [7, 11) is 0. The van der Waals surface area contributed by atoms with E-state index in [2.05, 4.69) is 13.8 Å². The van der Waals surface area contributed by atoms with E-state index in [1.54, 1.807) is 0 Å². The molecule has 0 aliphatic carbocycles. The normalized spacial score (nSPS) is 20.4. The summed E-state index contributed by atoms with van der Waals surface area (Å²) in [6.07, 6.45) is 28.2. The van der Waals surface area contributed by atoms with Crippen molar-refractivity contribution in [2.75, 3.05) is 13.2 Å². The summed E-state index contributed by atoms with van der Waals surface area (Å²) in [4.78, 5) is 8.24. The first-order valence-corrected chi connectivity index (χ1v) is 14.6. The Morgan fingerprint density at radius 3 is 1.34 bits per heavy atom. The van der Waals surface area contributed by atoms with Crippen molar-refractivity contribution >= 4 is 6.47 Å². The first kappa shape index (κ1) is 35.4. The summed E-state index contributed by atoms with van der Waals surface area (Å²) in [6.45, 7) is 7.08. The number of rotatable bonds is 22. The standard InChI is InChI=1S/C28H54O3.CHO2.Na/c1-3-5-7-9-17-27(19-13-11-15-25-21-23-29-25)31-28(18-10-8-6-4-2)20-14-12-16-26-22-24-30-26;2-1-3;/h25-28H,3-24H2,1-2H3;(H,2,3);/q;-1;+1. The molecule has 0 spiro atoms. The van der Waals surface area contributed by atoms with Gasteiger partial charge in [0.25, 0.3) is 0 Å². The van der Waals surface area contributed by atoms with E-state index < -0.39 is 0 Å². The van der Waals surface area contributed by atoms with Gasteiger partial charge in [0.2, 0.25) is 0 Å². The van der Waals surface area contributed by atoms with Crippen LogP contribution in [0.15, 0.2) is 0 Å². The van der Waals surface area contributed by atoms with Crippen LogP contribution in [-0.4, -0.2) is 49.2 Å². The molecule has 0 saturated carbocycles. The first-order valence-electron chi connectivity index (χ1n) is 14.6. The summed E-state index contributed by atoms with van der Waals surface area (Å²) >= 11 is 0. The summed E-state index contributed by atoms with van der Waals surface area (Å²) < 4.78 is 18.0. The second-order valence-corrected chi connectivity index (χ2v) is 10.3. The van der Waals surface area contributed by atoms with Gasteiger partial charge in [0.15, 0.2) is 0 Å². The molecule has 2 fully saturated rings. The Labute approximate surface area is 239 Å². The molecule has 2 aliphatic rings. The van der Waals surface area contributed by atoms with Crippen molar-refractivity contribution in [3.05, 3.63) is 0 Å². The quantitative estimate of drug-likeness (QED) is 0.127. The summed E-state index contributed by atoms with van der Waals surface area (Å²) in [6, 6.07) is 0. The maximum atomic E-state index is 8.24. The summed E-state index contributed by atoms with van der Waals surface area (Å²) in [5.74, 6) is 0. The van der Waals surface area contributed by atoms with E-state index in [1.807, 2.05) is 0 Å². The maximum Gasteiger partial charge on any atom is 1.00 e. The van der Waals surface area contributed by atoms with Crippen LogP contribution < -0.4 is 29.6 Å².